The number of nitrogens with one attached hydrogen (secondary N) is 1. The topological polar surface area (TPSA) is 54.3 Å². The Hall–Kier alpha value is -3.15. The summed E-state index contributed by atoms with van der Waals surface area (Å²) in [5.41, 5.74) is 2.96. The second-order valence-corrected chi connectivity index (χ2v) is 8.16. The molecule has 30 heavy (non-hydrogen) atoms. The molecule has 0 aliphatic carbocycles. The van der Waals surface area contributed by atoms with Gasteiger partial charge < -0.3 is 14.8 Å². The SMILES string of the molecule is CC(C)C(=O)Nc1ccc2c(c1)cc(C(=O)N1CCCC1)n2Cc1cccc(F)c1. The number of hydrogen-bond acceptors (Lipinski definition) is 2. The first-order valence-electron chi connectivity index (χ1n) is 10.4. The van der Waals surface area contributed by atoms with E-state index < -0.39 is 0 Å². The molecule has 1 N–H and O–H groups in total. The fourth-order valence-electron chi connectivity index (χ4n) is 3.88. The lowest BCUT2D eigenvalue weighted by atomic mass is 10.2. The van der Waals surface area contributed by atoms with E-state index in [1.54, 1.807) is 6.07 Å². The average molecular weight is 407 g/mol. The van der Waals surface area contributed by atoms with Crippen LogP contribution in [0.15, 0.2) is 48.5 Å². The third kappa shape index (κ3) is 4.08. The maximum absolute atomic E-state index is 13.7. The molecule has 5 nitrogen and oxygen atoms in total. The average Bonchev–Trinajstić information content (AvgIpc) is 3.36. The summed E-state index contributed by atoms with van der Waals surface area (Å²) in [4.78, 5) is 27.1. The maximum Gasteiger partial charge on any atom is 0.270 e. The van der Waals surface area contributed by atoms with E-state index in [0.29, 0.717) is 17.9 Å². The van der Waals surface area contributed by atoms with Gasteiger partial charge in [-0.15, -0.1) is 0 Å². The zero-order valence-electron chi connectivity index (χ0n) is 17.3. The van der Waals surface area contributed by atoms with Crippen molar-refractivity contribution < 1.29 is 14.0 Å². The van der Waals surface area contributed by atoms with E-state index in [-0.39, 0.29) is 23.5 Å². The van der Waals surface area contributed by atoms with Crippen molar-refractivity contribution in [2.24, 2.45) is 5.92 Å². The molecule has 156 valence electrons. The molecule has 1 saturated heterocycles. The van der Waals surface area contributed by atoms with Crippen LogP contribution >= 0.6 is 0 Å². The minimum Gasteiger partial charge on any atom is -0.337 e. The number of aromatic nitrogens is 1. The summed E-state index contributed by atoms with van der Waals surface area (Å²) < 4.78 is 15.7. The Balaban J connectivity index is 1.75. The van der Waals surface area contributed by atoms with Gasteiger partial charge in [0.25, 0.3) is 5.91 Å². The molecule has 1 aliphatic rings. The molecular weight excluding hydrogens is 381 g/mol. The van der Waals surface area contributed by atoms with Gasteiger partial charge in [0.1, 0.15) is 11.5 Å². The Bertz CT molecular complexity index is 1100. The highest BCUT2D eigenvalue weighted by atomic mass is 19.1. The number of likely N-dealkylation sites (tertiary alicyclic amines) is 1. The van der Waals surface area contributed by atoms with Crippen molar-refractivity contribution in [2.45, 2.75) is 33.2 Å². The lowest BCUT2D eigenvalue weighted by Gasteiger charge is -2.17. The number of fused-ring (bicyclic) bond motifs is 1. The summed E-state index contributed by atoms with van der Waals surface area (Å²) in [5, 5.41) is 3.78. The third-order valence-corrected chi connectivity index (χ3v) is 5.54. The first-order valence-corrected chi connectivity index (χ1v) is 10.4. The van der Waals surface area contributed by atoms with Gasteiger partial charge in [0, 0.05) is 42.1 Å². The summed E-state index contributed by atoms with van der Waals surface area (Å²) in [6.07, 6.45) is 2.03. The molecule has 1 fully saturated rings. The third-order valence-electron chi connectivity index (χ3n) is 5.54. The van der Waals surface area contributed by atoms with E-state index in [1.165, 1.54) is 12.1 Å². The Kier molecular flexibility index (Phi) is 5.57. The van der Waals surface area contributed by atoms with Gasteiger partial charge in [0.05, 0.1) is 0 Å². The van der Waals surface area contributed by atoms with E-state index >= 15 is 0 Å². The molecule has 0 spiro atoms. The largest absolute Gasteiger partial charge is 0.337 e. The molecule has 3 aromatic rings. The van der Waals surface area contributed by atoms with Crippen molar-refractivity contribution in [3.05, 3.63) is 65.6 Å². The number of nitrogens with zero attached hydrogens (tertiary/aromatic N) is 2. The van der Waals surface area contributed by atoms with Crippen molar-refractivity contribution >= 4 is 28.4 Å². The Morgan fingerprint density at radius 3 is 2.53 bits per heavy atom. The van der Waals surface area contributed by atoms with E-state index in [1.807, 2.05) is 53.6 Å². The number of anilines is 1. The number of amides is 2. The van der Waals surface area contributed by atoms with Crippen molar-refractivity contribution in [2.75, 3.05) is 18.4 Å². The molecule has 1 aliphatic heterocycles. The van der Waals surface area contributed by atoms with Gasteiger partial charge >= 0.3 is 0 Å². The standard InChI is InChI=1S/C24H26FN3O2/c1-16(2)23(29)26-20-8-9-21-18(13-20)14-22(24(30)27-10-3-4-11-27)28(21)15-17-6-5-7-19(25)12-17/h5-9,12-14,16H,3-4,10-11,15H2,1-2H3,(H,26,29). The number of halogens is 1. The van der Waals surface area contributed by atoms with Crippen LogP contribution in [0.3, 0.4) is 0 Å². The predicted octanol–water partition coefficient (Wildman–Crippen LogP) is 4.66. The minimum absolute atomic E-state index is 0.00660. The fourth-order valence-corrected chi connectivity index (χ4v) is 3.88. The number of carbonyl (C=O) groups is 2. The molecule has 0 bridgehead atoms. The number of hydrogen-bond donors (Lipinski definition) is 1. The second-order valence-electron chi connectivity index (χ2n) is 8.16. The second kappa shape index (κ2) is 8.30. The van der Waals surface area contributed by atoms with Crippen LogP contribution in [0.4, 0.5) is 10.1 Å². The molecular formula is C24H26FN3O2. The summed E-state index contributed by atoms with van der Waals surface area (Å²) >= 11 is 0. The zero-order valence-corrected chi connectivity index (χ0v) is 17.3. The highest BCUT2D eigenvalue weighted by Gasteiger charge is 2.24. The molecule has 0 radical (unpaired) electrons. The zero-order chi connectivity index (χ0) is 21.3. The van der Waals surface area contributed by atoms with Crippen LogP contribution in [-0.2, 0) is 11.3 Å². The summed E-state index contributed by atoms with van der Waals surface area (Å²) in [6, 6.07) is 14.0. The van der Waals surface area contributed by atoms with Gasteiger partial charge in [-0.3, -0.25) is 9.59 Å². The quantitative estimate of drug-likeness (QED) is 0.669. The molecule has 0 unspecified atom stereocenters. The van der Waals surface area contributed by atoms with Crippen LogP contribution in [0.2, 0.25) is 0 Å². The van der Waals surface area contributed by atoms with Crippen molar-refractivity contribution in [1.29, 1.82) is 0 Å². The monoisotopic (exact) mass is 407 g/mol. The molecule has 6 heteroatoms. The van der Waals surface area contributed by atoms with E-state index in [9.17, 15) is 14.0 Å². The van der Waals surface area contributed by atoms with Gasteiger partial charge in [0.15, 0.2) is 0 Å². The molecule has 2 amide bonds. The summed E-state index contributed by atoms with van der Waals surface area (Å²) in [5.74, 6) is -0.476. The predicted molar refractivity (Wildman–Crippen MR) is 116 cm³/mol. The molecule has 2 heterocycles. The highest BCUT2D eigenvalue weighted by Crippen LogP contribution is 2.27. The van der Waals surface area contributed by atoms with Crippen LogP contribution in [-0.4, -0.2) is 34.4 Å². The van der Waals surface area contributed by atoms with Crippen molar-refractivity contribution in [1.82, 2.24) is 9.47 Å². The van der Waals surface area contributed by atoms with Crippen LogP contribution < -0.4 is 5.32 Å². The maximum atomic E-state index is 13.7. The van der Waals surface area contributed by atoms with Gasteiger partial charge in [0.2, 0.25) is 5.91 Å². The van der Waals surface area contributed by atoms with Gasteiger partial charge in [-0.05, 0) is 54.8 Å². The van der Waals surface area contributed by atoms with Crippen LogP contribution in [0.1, 0.15) is 42.7 Å². The highest BCUT2D eigenvalue weighted by molar-refractivity contribution is 6.01. The van der Waals surface area contributed by atoms with Crippen LogP contribution in [0.25, 0.3) is 10.9 Å². The molecule has 0 atom stereocenters. The molecule has 0 saturated carbocycles. The smallest absolute Gasteiger partial charge is 0.270 e. The Morgan fingerprint density at radius 1 is 1.07 bits per heavy atom. The van der Waals surface area contributed by atoms with E-state index in [0.717, 1.165) is 42.4 Å². The molecule has 1 aromatic heterocycles. The summed E-state index contributed by atoms with van der Waals surface area (Å²) in [6.45, 7) is 5.60. The lowest BCUT2D eigenvalue weighted by Crippen LogP contribution is -2.29. The minimum atomic E-state index is -0.296. The van der Waals surface area contributed by atoms with Gasteiger partial charge in [-0.1, -0.05) is 26.0 Å². The van der Waals surface area contributed by atoms with Crippen molar-refractivity contribution in [3.8, 4) is 0 Å². The van der Waals surface area contributed by atoms with Crippen LogP contribution in [0, 0.1) is 11.7 Å². The fraction of sp³-hybridized carbons (Fsp3) is 0.333. The van der Waals surface area contributed by atoms with Gasteiger partial charge in [-0.2, -0.15) is 0 Å². The van der Waals surface area contributed by atoms with E-state index in [2.05, 4.69) is 5.32 Å². The first-order chi connectivity index (χ1) is 14.4. The molecule has 2 aromatic carbocycles. The van der Waals surface area contributed by atoms with Crippen molar-refractivity contribution in [3.63, 3.8) is 0 Å². The van der Waals surface area contributed by atoms with Gasteiger partial charge in [-0.25, -0.2) is 4.39 Å². The van der Waals surface area contributed by atoms with E-state index in [4.69, 9.17) is 0 Å². The normalized spacial score (nSPS) is 13.9. The Morgan fingerprint density at radius 2 is 1.83 bits per heavy atom. The first kappa shape index (κ1) is 20.1. The lowest BCUT2D eigenvalue weighted by molar-refractivity contribution is -0.118. The molecule has 4 rings (SSSR count). The number of benzene rings is 2. The van der Waals surface area contributed by atoms with Crippen LogP contribution in [0.5, 0.6) is 0 Å². The number of carbonyl (C=O) groups excluding carboxylic acids is 2. The number of rotatable bonds is 5. The Labute approximate surface area is 175 Å². The summed E-state index contributed by atoms with van der Waals surface area (Å²) in [7, 11) is 0.